The Morgan fingerprint density at radius 3 is 3.06 bits per heavy atom. The van der Waals surface area contributed by atoms with Crippen LogP contribution < -0.4 is 5.73 Å². The molecule has 2 aromatic rings. The van der Waals surface area contributed by atoms with Gasteiger partial charge in [-0.15, -0.1) is 11.3 Å². The second-order valence-corrected chi connectivity index (χ2v) is 4.39. The van der Waals surface area contributed by atoms with Crippen molar-refractivity contribution in [1.29, 1.82) is 0 Å². The highest BCUT2D eigenvalue weighted by Crippen LogP contribution is 2.16. The average molecular weight is 236 g/mol. The Hall–Kier alpha value is -1.75. The molecule has 0 aliphatic heterocycles. The fraction of sp³-hybridized carbons (Fsp3) is 0.182. The molecule has 5 heteroatoms. The molecule has 0 amide bonds. The minimum absolute atomic E-state index is 0.367. The Morgan fingerprint density at radius 2 is 2.44 bits per heavy atom. The number of hydrogen-bond donors (Lipinski definition) is 1. The predicted octanol–water partition coefficient (Wildman–Crippen LogP) is 1.97. The second kappa shape index (κ2) is 4.40. The van der Waals surface area contributed by atoms with Gasteiger partial charge in [-0.2, -0.15) is 0 Å². The number of rotatable bonds is 3. The van der Waals surface area contributed by atoms with E-state index < -0.39 is 0 Å². The number of aromatic nitrogens is 1. The highest BCUT2D eigenvalue weighted by atomic mass is 32.1. The molecular weight excluding hydrogens is 224 g/mol. The first kappa shape index (κ1) is 10.8. The SMILES string of the molecule is COC(=O)c1cc(N)cn1Cc1cccs1. The van der Waals surface area contributed by atoms with Crippen molar-refractivity contribution in [3.05, 3.63) is 40.3 Å². The Labute approximate surface area is 97.3 Å². The average Bonchev–Trinajstić information content (AvgIpc) is 2.88. The maximum Gasteiger partial charge on any atom is 0.354 e. The number of nitrogen functional groups attached to an aromatic ring is 1. The van der Waals surface area contributed by atoms with Gasteiger partial charge >= 0.3 is 5.97 Å². The van der Waals surface area contributed by atoms with Crippen LogP contribution in [0.1, 0.15) is 15.4 Å². The molecule has 0 radical (unpaired) electrons. The number of carbonyl (C=O) groups is 1. The minimum atomic E-state index is -0.367. The molecule has 2 rings (SSSR count). The van der Waals surface area contributed by atoms with Crippen LogP contribution >= 0.6 is 11.3 Å². The zero-order valence-corrected chi connectivity index (χ0v) is 9.66. The molecule has 2 heterocycles. The van der Waals surface area contributed by atoms with Gasteiger partial charge < -0.3 is 15.0 Å². The molecule has 16 heavy (non-hydrogen) atoms. The zero-order chi connectivity index (χ0) is 11.5. The van der Waals surface area contributed by atoms with Crippen molar-refractivity contribution in [1.82, 2.24) is 4.57 Å². The van der Waals surface area contributed by atoms with Gasteiger partial charge in [0.2, 0.25) is 0 Å². The quantitative estimate of drug-likeness (QED) is 0.829. The van der Waals surface area contributed by atoms with E-state index in [2.05, 4.69) is 0 Å². The number of anilines is 1. The molecule has 4 nitrogen and oxygen atoms in total. The summed E-state index contributed by atoms with van der Waals surface area (Å²) in [6, 6.07) is 5.62. The molecule has 0 unspecified atom stereocenters. The smallest absolute Gasteiger partial charge is 0.354 e. The van der Waals surface area contributed by atoms with Crippen molar-refractivity contribution in [2.24, 2.45) is 0 Å². The van der Waals surface area contributed by atoms with E-state index in [1.807, 2.05) is 17.5 Å². The van der Waals surface area contributed by atoms with Crippen LogP contribution in [0.3, 0.4) is 0 Å². The normalized spacial score (nSPS) is 10.3. The number of carbonyl (C=O) groups excluding carboxylic acids is 1. The van der Waals surface area contributed by atoms with Gasteiger partial charge in [0.05, 0.1) is 19.3 Å². The highest BCUT2D eigenvalue weighted by Gasteiger charge is 2.13. The molecule has 0 saturated heterocycles. The Kier molecular flexibility index (Phi) is 2.96. The van der Waals surface area contributed by atoms with Gasteiger partial charge in [-0.25, -0.2) is 4.79 Å². The lowest BCUT2D eigenvalue weighted by molar-refractivity contribution is 0.0589. The maximum atomic E-state index is 11.5. The van der Waals surface area contributed by atoms with E-state index in [0.717, 1.165) is 0 Å². The van der Waals surface area contributed by atoms with E-state index >= 15 is 0 Å². The largest absolute Gasteiger partial charge is 0.464 e. The lowest BCUT2D eigenvalue weighted by Crippen LogP contribution is -2.10. The molecule has 2 aromatic heterocycles. The van der Waals surface area contributed by atoms with Gasteiger partial charge in [0.1, 0.15) is 5.69 Å². The Morgan fingerprint density at radius 1 is 1.62 bits per heavy atom. The van der Waals surface area contributed by atoms with E-state index in [4.69, 9.17) is 10.5 Å². The number of esters is 1. The summed E-state index contributed by atoms with van der Waals surface area (Å²) >= 11 is 1.64. The first-order valence-electron chi connectivity index (χ1n) is 4.77. The molecule has 0 spiro atoms. The molecule has 84 valence electrons. The number of nitrogens with two attached hydrogens (primary N) is 1. The zero-order valence-electron chi connectivity index (χ0n) is 8.84. The number of nitrogens with zero attached hydrogens (tertiary/aromatic N) is 1. The minimum Gasteiger partial charge on any atom is -0.464 e. The fourth-order valence-electron chi connectivity index (χ4n) is 1.51. The number of hydrogen-bond acceptors (Lipinski definition) is 4. The van der Waals surface area contributed by atoms with Crippen LogP contribution in [0, 0.1) is 0 Å². The van der Waals surface area contributed by atoms with Crippen molar-refractivity contribution < 1.29 is 9.53 Å². The van der Waals surface area contributed by atoms with Gasteiger partial charge in [-0.05, 0) is 17.5 Å². The lowest BCUT2D eigenvalue weighted by Gasteiger charge is -2.05. The van der Waals surface area contributed by atoms with Crippen LogP contribution in [0.2, 0.25) is 0 Å². The second-order valence-electron chi connectivity index (χ2n) is 3.36. The summed E-state index contributed by atoms with van der Waals surface area (Å²) in [4.78, 5) is 12.6. The Bertz CT molecular complexity index is 488. The van der Waals surface area contributed by atoms with E-state index in [1.165, 1.54) is 12.0 Å². The van der Waals surface area contributed by atoms with Gasteiger partial charge in [-0.1, -0.05) is 6.07 Å². The topological polar surface area (TPSA) is 57.2 Å². The molecule has 0 saturated carbocycles. The number of methoxy groups -OCH3 is 1. The summed E-state index contributed by atoms with van der Waals surface area (Å²) in [5.41, 5.74) is 6.72. The third-order valence-corrected chi connectivity index (χ3v) is 3.08. The van der Waals surface area contributed by atoms with Gasteiger partial charge in [0, 0.05) is 11.1 Å². The molecule has 0 aromatic carbocycles. The van der Waals surface area contributed by atoms with Crippen LogP contribution in [-0.2, 0) is 11.3 Å². The van der Waals surface area contributed by atoms with Crippen molar-refractivity contribution in [3.63, 3.8) is 0 Å². The third kappa shape index (κ3) is 2.09. The van der Waals surface area contributed by atoms with Crippen LogP contribution in [0.5, 0.6) is 0 Å². The number of ether oxygens (including phenoxy) is 1. The summed E-state index contributed by atoms with van der Waals surface area (Å²) < 4.78 is 6.50. The van der Waals surface area contributed by atoms with Crippen molar-refractivity contribution >= 4 is 23.0 Å². The molecule has 0 aliphatic rings. The van der Waals surface area contributed by atoms with Crippen molar-refractivity contribution in [2.45, 2.75) is 6.54 Å². The van der Waals surface area contributed by atoms with Gasteiger partial charge in [0.25, 0.3) is 0 Å². The van der Waals surface area contributed by atoms with E-state index in [1.54, 1.807) is 28.2 Å². The summed E-state index contributed by atoms with van der Waals surface area (Å²) in [6.07, 6.45) is 1.74. The maximum absolute atomic E-state index is 11.5. The van der Waals surface area contributed by atoms with Gasteiger partial charge in [0.15, 0.2) is 0 Å². The summed E-state index contributed by atoms with van der Waals surface area (Å²) in [5, 5.41) is 2.00. The fourth-order valence-corrected chi connectivity index (χ4v) is 2.21. The highest BCUT2D eigenvalue weighted by molar-refractivity contribution is 7.09. The van der Waals surface area contributed by atoms with E-state index in [-0.39, 0.29) is 5.97 Å². The number of thiophene rings is 1. The Balaban J connectivity index is 2.29. The van der Waals surface area contributed by atoms with Crippen LogP contribution in [0.15, 0.2) is 29.8 Å². The standard InChI is InChI=1S/C11H12N2O2S/c1-15-11(14)10-5-8(12)6-13(10)7-9-3-2-4-16-9/h2-6H,7,12H2,1H3. The first-order chi connectivity index (χ1) is 7.70. The molecule has 0 fully saturated rings. The van der Waals surface area contributed by atoms with Crippen molar-refractivity contribution in [3.8, 4) is 0 Å². The van der Waals surface area contributed by atoms with E-state index in [0.29, 0.717) is 17.9 Å². The van der Waals surface area contributed by atoms with Gasteiger partial charge in [-0.3, -0.25) is 0 Å². The predicted molar refractivity (Wildman–Crippen MR) is 63.6 cm³/mol. The van der Waals surface area contributed by atoms with Crippen molar-refractivity contribution in [2.75, 3.05) is 12.8 Å². The summed E-state index contributed by atoms with van der Waals surface area (Å²) in [7, 11) is 1.36. The summed E-state index contributed by atoms with van der Waals surface area (Å²) in [5.74, 6) is -0.367. The molecule has 0 atom stereocenters. The molecule has 2 N–H and O–H groups in total. The van der Waals surface area contributed by atoms with Crippen LogP contribution in [0.4, 0.5) is 5.69 Å². The third-order valence-electron chi connectivity index (χ3n) is 2.22. The lowest BCUT2D eigenvalue weighted by atomic mass is 10.4. The summed E-state index contributed by atoms with van der Waals surface area (Å²) in [6.45, 7) is 0.638. The first-order valence-corrected chi connectivity index (χ1v) is 5.65. The van der Waals surface area contributed by atoms with Crippen LogP contribution in [-0.4, -0.2) is 17.6 Å². The molecule has 0 aliphatic carbocycles. The molecule has 0 bridgehead atoms. The molecular formula is C11H12N2O2S. The van der Waals surface area contributed by atoms with Crippen LogP contribution in [0.25, 0.3) is 0 Å². The van der Waals surface area contributed by atoms with E-state index in [9.17, 15) is 4.79 Å². The monoisotopic (exact) mass is 236 g/mol.